The van der Waals surface area contributed by atoms with Crippen LogP contribution < -0.4 is 4.18 Å². The van der Waals surface area contributed by atoms with Gasteiger partial charge in [-0.2, -0.15) is 8.42 Å². The number of alkyl halides is 3. The first-order valence-corrected chi connectivity index (χ1v) is 10.4. The molecular weight excluding hydrogens is 457 g/mol. The van der Waals surface area contributed by atoms with E-state index in [1.807, 2.05) is 0 Å². The molecule has 0 bridgehead atoms. The molecule has 0 atom stereocenters. The fourth-order valence-electron chi connectivity index (χ4n) is 1.92. The van der Waals surface area contributed by atoms with Crippen molar-refractivity contribution in [1.29, 1.82) is 0 Å². The normalized spacial score (nSPS) is 16.2. The van der Waals surface area contributed by atoms with E-state index in [0.29, 0.717) is 16.0 Å². The largest absolute Gasteiger partial charge is 0.378 e. The number of halogens is 4. The second-order valence-corrected chi connectivity index (χ2v) is 11.5. The molecule has 1 fully saturated rings. The summed E-state index contributed by atoms with van der Waals surface area (Å²) in [5, 5.41) is 1.05. The summed E-state index contributed by atoms with van der Waals surface area (Å²) in [5.41, 5.74) is 1.39. The molecule has 2 aromatic rings. The SMILES string of the molecule is Cc1cc2nc(C3CC3)sc2c(Br)c1OS(=O)(=O)C(Cl)(Cl)Cl. The Kier molecular flexibility index (Phi) is 4.37. The molecule has 1 aliphatic rings. The van der Waals surface area contributed by atoms with Gasteiger partial charge in [0.05, 0.1) is 19.7 Å². The van der Waals surface area contributed by atoms with Crippen molar-refractivity contribution < 1.29 is 12.6 Å². The second kappa shape index (κ2) is 5.63. The van der Waals surface area contributed by atoms with Crippen LogP contribution in [0.3, 0.4) is 0 Å². The van der Waals surface area contributed by atoms with Gasteiger partial charge in [-0.3, -0.25) is 0 Å². The van der Waals surface area contributed by atoms with Crippen molar-refractivity contribution in [2.75, 3.05) is 0 Å². The van der Waals surface area contributed by atoms with Gasteiger partial charge in [0.1, 0.15) is 0 Å². The number of fused-ring (bicyclic) bond motifs is 1. The lowest BCUT2D eigenvalue weighted by molar-refractivity contribution is 0.483. The highest BCUT2D eigenvalue weighted by Crippen LogP contribution is 2.47. The summed E-state index contributed by atoms with van der Waals surface area (Å²) in [5.74, 6) is 0.628. The lowest BCUT2D eigenvalue weighted by Gasteiger charge is -2.15. The number of thiazole rings is 1. The van der Waals surface area contributed by atoms with Crippen LogP contribution >= 0.6 is 62.1 Å². The topological polar surface area (TPSA) is 56.3 Å². The Balaban J connectivity index is 2.10. The first-order chi connectivity index (χ1) is 10.1. The first kappa shape index (κ1) is 17.0. The molecule has 0 unspecified atom stereocenters. The van der Waals surface area contributed by atoms with E-state index < -0.39 is 13.2 Å². The van der Waals surface area contributed by atoms with Crippen LogP contribution in [-0.2, 0) is 10.1 Å². The first-order valence-electron chi connectivity index (χ1n) is 6.20. The van der Waals surface area contributed by atoms with E-state index in [-0.39, 0.29) is 5.75 Å². The molecular formula is C12H9BrCl3NO3S2. The average Bonchev–Trinajstić information content (AvgIpc) is 3.14. The summed E-state index contributed by atoms with van der Waals surface area (Å²) < 4.78 is 27.7. The van der Waals surface area contributed by atoms with Gasteiger partial charge in [-0.1, -0.05) is 34.8 Å². The molecule has 10 heteroatoms. The number of nitrogens with zero attached hydrogens (tertiary/aromatic N) is 1. The summed E-state index contributed by atoms with van der Waals surface area (Å²) in [6.07, 6.45) is 2.28. The van der Waals surface area contributed by atoms with Crippen LogP contribution in [0.1, 0.15) is 29.3 Å². The third kappa shape index (κ3) is 3.08. The van der Waals surface area contributed by atoms with Crippen LogP contribution in [0.2, 0.25) is 0 Å². The average molecular weight is 466 g/mol. The molecule has 3 rings (SSSR count). The number of aromatic nitrogens is 1. The van der Waals surface area contributed by atoms with Gasteiger partial charge in [-0.15, -0.1) is 11.3 Å². The molecule has 22 heavy (non-hydrogen) atoms. The zero-order valence-corrected chi connectivity index (χ0v) is 16.6. The summed E-state index contributed by atoms with van der Waals surface area (Å²) >= 11 is 21.2. The van der Waals surface area contributed by atoms with Gasteiger partial charge in [0.2, 0.25) is 0 Å². The van der Waals surface area contributed by atoms with Crippen LogP contribution in [0, 0.1) is 6.92 Å². The highest BCUT2D eigenvalue weighted by molar-refractivity contribution is 9.10. The second-order valence-electron chi connectivity index (χ2n) is 4.99. The van der Waals surface area contributed by atoms with Crippen LogP contribution in [0.15, 0.2) is 10.5 Å². The smallest absolute Gasteiger partial charge is 0.359 e. The zero-order valence-electron chi connectivity index (χ0n) is 11.1. The van der Waals surface area contributed by atoms with Crippen LogP contribution in [-0.4, -0.2) is 16.5 Å². The Morgan fingerprint density at radius 1 is 1.41 bits per heavy atom. The maximum atomic E-state index is 11.9. The zero-order chi connectivity index (χ0) is 16.3. The summed E-state index contributed by atoms with van der Waals surface area (Å²) in [6, 6.07) is 1.77. The van der Waals surface area contributed by atoms with Crippen molar-refractivity contribution in [1.82, 2.24) is 4.98 Å². The molecule has 1 aromatic carbocycles. The van der Waals surface area contributed by atoms with E-state index in [4.69, 9.17) is 39.0 Å². The standard InChI is InChI=1S/C12H9BrCl3NO3S2/c1-5-4-7-10(21-11(17-7)6-2-3-6)8(13)9(5)20-22(18,19)12(14,15)16/h4,6H,2-3H2,1H3. The van der Waals surface area contributed by atoms with Crippen molar-refractivity contribution in [2.45, 2.75) is 28.8 Å². The molecule has 0 N–H and O–H groups in total. The number of benzene rings is 1. The van der Waals surface area contributed by atoms with Gasteiger partial charge >= 0.3 is 13.2 Å². The lowest BCUT2D eigenvalue weighted by Crippen LogP contribution is -2.25. The van der Waals surface area contributed by atoms with E-state index in [0.717, 1.165) is 28.1 Å². The van der Waals surface area contributed by atoms with Gasteiger partial charge < -0.3 is 4.18 Å². The molecule has 0 radical (unpaired) electrons. The van der Waals surface area contributed by atoms with E-state index in [1.165, 1.54) is 11.3 Å². The molecule has 0 amide bonds. The number of aryl methyl sites for hydroxylation is 1. The van der Waals surface area contributed by atoms with E-state index in [1.54, 1.807) is 13.0 Å². The van der Waals surface area contributed by atoms with Crippen molar-refractivity contribution >= 4 is 82.4 Å². The Morgan fingerprint density at radius 2 is 2.05 bits per heavy atom. The minimum atomic E-state index is -4.41. The number of hydrogen-bond acceptors (Lipinski definition) is 5. The molecule has 120 valence electrons. The molecule has 0 saturated heterocycles. The van der Waals surface area contributed by atoms with Gasteiger partial charge in [-0.05, 0) is 47.3 Å². The minimum Gasteiger partial charge on any atom is -0.378 e. The molecule has 0 aliphatic heterocycles. The Hall–Kier alpha value is 0.210. The summed E-state index contributed by atoms with van der Waals surface area (Å²) in [4.78, 5) is 4.59. The number of hydrogen-bond donors (Lipinski definition) is 0. The van der Waals surface area contributed by atoms with Gasteiger partial charge in [-0.25, -0.2) is 4.98 Å². The molecule has 1 heterocycles. The lowest BCUT2D eigenvalue weighted by atomic mass is 10.2. The fourth-order valence-corrected chi connectivity index (χ4v) is 4.82. The third-order valence-electron chi connectivity index (χ3n) is 3.18. The van der Waals surface area contributed by atoms with Gasteiger partial charge in [0.25, 0.3) is 0 Å². The predicted molar refractivity (Wildman–Crippen MR) is 93.9 cm³/mol. The molecule has 1 saturated carbocycles. The van der Waals surface area contributed by atoms with Crippen molar-refractivity contribution in [2.24, 2.45) is 0 Å². The summed E-state index contributed by atoms with van der Waals surface area (Å²) in [6.45, 7) is 1.71. The maximum absolute atomic E-state index is 11.9. The predicted octanol–water partition coefficient (Wildman–Crippen LogP) is 5.28. The van der Waals surface area contributed by atoms with Gasteiger partial charge in [0.15, 0.2) is 5.75 Å². The van der Waals surface area contributed by atoms with Crippen LogP contribution in [0.25, 0.3) is 10.2 Å². The van der Waals surface area contributed by atoms with E-state index >= 15 is 0 Å². The van der Waals surface area contributed by atoms with Crippen LogP contribution in [0.5, 0.6) is 5.75 Å². The van der Waals surface area contributed by atoms with Crippen LogP contribution in [0.4, 0.5) is 0 Å². The molecule has 1 aromatic heterocycles. The summed E-state index contributed by atoms with van der Waals surface area (Å²) in [7, 11) is -4.41. The van der Waals surface area contributed by atoms with Crippen molar-refractivity contribution in [3.8, 4) is 5.75 Å². The quantitative estimate of drug-likeness (QED) is 0.457. The maximum Gasteiger partial charge on any atom is 0.359 e. The Morgan fingerprint density at radius 3 is 2.59 bits per heavy atom. The molecule has 4 nitrogen and oxygen atoms in total. The van der Waals surface area contributed by atoms with Crippen molar-refractivity contribution in [3.63, 3.8) is 0 Å². The molecule has 1 aliphatic carbocycles. The van der Waals surface area contributed by atoms with E-state index in [2.05, 4.69) is 20.9 Å². The van der Waals surface area contributed by atoms with E-state index in [9.17, 15) is 8.42 Å². The molecule has 0 spiro atoms. The number of rotatable bonds is 3. The highest BCUT2D eigenvalue weighted by Gasteiger charge is 2.41. The monoisotopic (exact) mass is 463 g/mol. The minimum absolute atomic E-state index is 0.116. The fraction of sp³-hybridized carbons (Fsp3) is 0.417. The van der Waals surface area contributed by atoms with Gasteiger partial charge in [0, 0.05) is 5.92 Å². The third-order valence-corrected chi connectivity index (χ3v) is 8.11. The Labute approximate surface area is 155 Å². The van der Waals surface area contributed by atoms with Crippen molar-refractivity contribution in [3.05, 3.63) is 21.1 Å². The highest BCUT2D eigenvalue weighted by atomic mass is 79.9. The Bertz CT molecular complexity index is 857.